The van der Waals surface area contributed by atoms with Crippen LogP contribution in [0.2, 0.25) is 0 Å². The molecule has 0 amide bonds. The largest absolute Gasteiger partial charge is 0.370 e. The molecular weight excluding hydrogens is 447 g/mol. The van der Waals surface area contributed by atoms with Crippen molar-refractivity contribution in [1.82, 2.24) is 14.6 Å². The Morgan fingerprint density at radius 2 is 1.97 bits per heavy atom. The smallest absolute Gasteiger partial charge is 0.191 e. The van der Waals surface area contributed by atoms with Crippen molar-refractivity contribution in [3.05, 3.63) is 59.0 Å². The molecule has 34 heavy (non-hydrogen) atoms. The van der Waals surface area contributed by atoms with Crippen LogP contribution in [-0.2, 0) is 6.42 Å². The summed E-state index contributed by atoms with van der Waals surface area (Å²) in [5.74, 6) is -0.310. The molecule has 0 bridgehead atoms. The van der Waals surface area contributed by atoms with Gasteiger partial charge in [-0.15, -0.1) is 0 Å². The highest BCUT2D eigenvalue weighted by Gasteiger charge is 2.47. The zero-order chi connectivity index (χ0) is 23.4. The Morgan fingerprint density at radius 3 is 2.62 bits per heavy atom. The van der Waals surface area contributed by atoms with E-state index in [0.29, 0.717) is 21.1 Å². The van der Waals surface area contributed by atoms with E-state index in [1.54, 1.807) is 12.1 Å². The number of hydrogen-bond donors (Lipinski definition) is 0. The molecular formula is C26H25FN6S. The van der Waals surface area contributed by atoms with Crippen LogP contribution in [0.5, 0.6) is 0 Å². The fraction of sp³-hybridized carbons (Fsp3) is 0.346. The highest BCUT2D eigenvalue weighted by atomic mass is 32.1. The molecule has 1 aliphatic carbocycles. The van der Waals surface area contributed by atoms with Gasteiger partial charge in [-0.3, -0.25) is 0 Å². The maximum Gasteiger partial charge on any atom is 0.191 e. The van der Waals surface area contributed by atoms with E-state index in [1.807, 2.05) is 22.7 Å². The van der Waals surface area contributed by atoms with Crippen LogP contribution in [0.1, 0.15) is 36.8 Å². The Bertz CT molecular complexity index is 1420. The summed E-state index contributed by atoms with van der Waals surface area (Å²) >= 11 is 1.34. The van der Waals surface area contributed by atoms with Gasteiger partial charge in [-0.05, 0) is 55.7 Å². The molecule has 0 atom stereocenters. The van der Waals surface area contributed by atoms with Crippen molar-refractivity contribution in [3.63, 3.8) is 0 Å². The Balaban J connectivity index is 1.39. The first-order valence-electron chi connectivity index (χ1n) is 11.7. The molecule has 6 nitrogen and oxygen atoms in total. The van der Waals surface area contributed by atoms with Crippen molar-refractivity contribution in [2.45, 2.75) is 32.6 Å². The van der Waals surface area contributed by atoms with Gasteiger partial charge >= 0.3 is 0 Å². The van der Waals surface area contributed by atoms with Gasteiger partial charge in [0.1, 0.15) is 22.5 Å². The molecule has 4 heterocycles. The Labute approximate surface area is 201 Å². The molecule has 1 aromatic carbocycles. The summed E-state index contributed by atoms with van der Waals surface area (Å²) < 4.78 is 15.4. The summed E-state index contributed by atoms with van der Waals surface area (Å²) in [7, 11) is 1.98. The van der Waals surface area contributed by atoms with Crippen LogP contribution in [0.3, 0.4) is 0 Å². The van der Waals surface area contributed by atoms with Crippen molar-refractivity contribution >= 4 is 33.4 Å². The standard InChI is InChI=1S/C26H25FN6S/c1-3-20-24(21-13-19(9-12-33(21)30-20)32-15-26(16-32)10-4-11-26)31(2)25-29-23(22(14-28)34-25)17-5-7-18(27)8-6-17/h5-9,12-13H,3-4,10-11,15-16H2,1-2H3. The zero-order valence-corrected chi connectivity index (χ0v) is 20.1. The number of hydrogen-bond acceptors (Lipinski definition) is 6. The lowest BCUT2D eigenvalue weighted by atomic mass is 9.63. The maximum absolute atomic E-state index is 13.4. The third kappa shape index (κ3) is 3.26. The van der Waals surface area contributed by atoms with Gasteiger partial charge < -0.3 is 9.80 Å². The number of benzene rings is 1. The second-order valence-corrected chi connectivity index (χ2v) is 10.4. The number of halogens is 1. The lowest BCUT2D eigenvalue weighted by molar-refractivity contribution is 0.0904. The average Bonchev–Trinajstić information content (AvgIpc) is 3.38. The summed E-state index contributed by atoms with van der Waals surface area (Å²) in [5.41, 5.74) is 6.12. The molecule has 0 N–H and O–H groups in total. The number of thiazole rings is 1. The number of aryl methyl sites for hydroxylation is 1. The van der Waals surface area contributed by atoms with Crippen LogP contribution in [0.4, 0.5) is 20.9 Å². The molecule has 1 spiro atoms. The van der Waals surface area contributed by atoms with E-state index >= 15 is 0 Å². The first kappa shape index (κ1) is 21.1. The third-order valence-corrected chi connectivity index (χ3v) is 8.32. The number of fused-ring (bicyclic) bond motifs is 1. The molecule has 1 saturated carbocycles. The Hall–Kier alpha value is -3.44. The maximum atomic E-state index is 13.4. The van der Waals surface area contributed by atoms with Gasteiger partial charge in [0, 0.05) is 43.0 Å². The lowest BCUT2D eigenvalue weighted by Crippen LogP contribution is -2.59. The Morgan fingerprint density at radius 1 is 1.21 bits per heavy atom. The van der Waals surface area contributed by atoms with E-state index in [4.69, 9.17) is 10.1 Å². The molecule has 4 aromatic rings. The van der Waals surface area contributed by atoms with Gasteiger partial charge in [-0.1, -0.05) is 24.7 Å². The van der Waals surface area contributed by atoms with Gasteiger partial charge in [-0.25, -0.2) is 13.9 Å². The van der Waals surface area contributed by atoms with Crippen LogP contribution in [-0.4, -0.2) is 34.7 Å². The van der Waals surface area contributed by atoms with Crippen LogP contribution >= 0.6 is 11.3 Å². The van der Waals surface area contributed by atoms with Gasteiger partial charge in [0.05, 0.1) is 16.9 Å². The fourth-order valence-electron chi connectivity index (χ4n) is 5.24. The van der Waals surface area contributed by atoms with E-state index in [2.05, 4.69) is 30.0 Å². The second kappa shape index (κ2) is 7.81. The van der Waals surface area contributed by atoms with Crippen molar-refractivity contribution in [1.29, 1.82) is 5.26 Å². The van der Waals surface area contributed by atoms with Crippen LogP contribution in [0.25, 0.3) is 16.8 Å². The summed E-state index contributed by atoms with van der Waals surface area (Å²) in [6.07, 6.45) is 6.90. The minimum absolute atomic E-state index is 0.310. The third-order valence-electron chi connectivity index (χ3n) is 7.29. The quantitative estimate of drug-likeness (QED) is 0.368. The fourth-order valence-corrected chi connectivity index (χ4v) is 6.09. The minimum atomic E-state index is -0.310. The zero-order valence-electron chi connectivity index (χ0n) is 19.3. The first-order chi connectivity index (χ1) is 16.5. The van der Waals surface area contributed by atoms with Crippen LogP contribution in [0, 0.1) is 22.6 Å². The van der Waals surface area contributed by atoms with Crippen LogP contribution in [0.15, 0.2) is 42.6 Å². The predicted molar refractivity (Wildman–Crippen MR) is 133 cm³/mol. The van der Waals surface area contributed by atoms with E-state index in [0.717, 1.165) is 42.0 Å². The van der Waals surface area contributed by atoms with Gasteiger partial charge in [0.15, 0.2) is 5.13 Å². The molecule has 2 fully saturated rings. The van der Waals surface area contributed by atoms with E-state index in [-0.39, 0.29) is 5.82 Å². The normalized spacial score (nSPS) is 16.4. The highest BCUT2D eigenvalue weighted by Crippen LogP contribution is 2.49. The summed E-state index contributed by atoms with van der Waals surface area (Å²) in [4.78, 5) is 9.80. The molecule has 0 unspecified atom stereocenters. The second-order valence-electron chi connectivity index (χ2n) is 9.43. The monoisotopic (exact) mass is 472 g/mol. The number of nitriles is 1. The number of aromatic nitrogens is 3. The van der Waals surface area contributed by atoms with Crippen molar-refractivity contribution < 1.29 is 4.39 Å². The highest BCUT2D eigenvalue weighted by molar-refractivity contribution is 7.16. The van der Waals surface area contributed by atoms with Gasteiger partial charge in [0.2, 0.25) is 0 Å². The molecule has 1 aliphatic heterocycles. The number of anilines is 3. The van der Waals surface area contributed by atoms with Crippen molar-refractivity contribution in [2.75, 3.05) is 29.9 Å². The summed E-state index contributed by atoms with van der Waals surface area (Å²) in [5, 5.41) is 15.3. The number of nitrogens with zero attached hydrogens (tertiary/aromatic N) is 6. The van der Waals surface area contributed by atoms with E-state index < -0.39 is 0 Å². The minimum Gasteiger partial charge on any atom is -0.370 e. The average molecular weight is 473 g/mol. The summed E-state index contributed by atoms with van der Waals surface area (Å²) in [6.45, 7) is 4.38. The molecule has 6 rings (SSSR count). The van der Waals surface area contributed by atoms with E-state index in [1.165, 1.54) is 48.4 Å². The molecule has 8 heteroatoms. The van der Waals surface area contributed by atoms with Crippen molar-refractivity contribution in [2.24, 2.45) is 5.41 Å². The van der Waals surface area contributed by atoms with Gasteiger partial charge in [0.25, 0.3) is 0 Å². The van der Waals surface area contributed by atoms with Gasteiger partial charge in [-0.2, -0.15) is 10.4 Å². The lowest BCUT2D eigenvalue weighted by Gasteiger charge is -2.57. The topological polar surface area (TPSA) is 60.5 Å². The molecule has 172 valence electrons. The molecule has 3 aromatic heterocycles. The van der Waals surface area contributed by atoms with E-state index in [9.17, 15) is 9.65 Å². The molecule has 0 radical (unpaired) electrons. The number of pyridine rings is 1. The predicted octanol–water partition coefficient (Wildman–Crippen LogP) is 5.79. The Kier molecular flexibility index (Phi) is 4.85. The SMILES string of the molecule is CCc1nn2ccc(N3CC4(CCC4)C3)cc2c1N(C)c1nc(-c2ccc(F)cc2)c(C#N)s1. The molecule has 1 saturated heterocycles. The van der Waals surface area contributed by atoms with Crippen molar-refractivity contribution in [3.8, 4) is 17.3 Å². The first-order valence-corrected chi connectivity index (χ1v) is 12.5. The number of rotatable bonds is 5. The summed E-state index contributed by atoms with van der Waals surface area (Å²) in [6, 6.07) is 12.8. The van der Waals surface area contributed by atoms with Crippen LogP contribution < -0.4 is 9.80 Å². The molecule has 2 aliphatic rings.